The molecule has 0 heterocycles. The molecule has 0 radical (unpaired) electrons. The molecule has 1 aromatic rings. The van der Waals surface area contributed by atoms with Crippen LogP contribution in [0.15, 0.2) is 18.2 Å². The molecule has 21 heavy (non-hydrogen) atoms. The van der Waals surface area contributed by atoms with Crippen LogP contribution in [0.2, 0.25) is 0 Å². The van der Waals surface area contributed by atoms with Crippen molar-refractivity contribution in [2.45, 2.75) is 76.7 Å². The smallest absolute Gasteiger partial charge is 0.166 e. The Morgan fingerprint density at radius 3 is 1.90 bits per heavy atom. The van der Waals surface area contributed by atoms with Crippen molar-refractivity contribution in [2.75, 3.05) is 5.32 Å². The van der Waals surface area contributed by atoms with E-state index in [9.17, 15) is 9.50 Å². The van der Waals surface area contributed by atoms with Gasteiger partial charge in [-0.1, -0.05) is 57.8 Å². The molecule has 0 aliphatic heterocycles. The van der Waals surface area contributed by atoms with Crippen molar-refractivity contribution < 1.29 is 9.50 Å². The van der Waals surface area contributed by atoms with Gasteiger partial charge >= 0.3 is 0 Å². The van der Waals surface area contributed by atoms with E-state index in [-0.39, 0.29) is 5.75 Å². The summed E-state index contributed by atoms with van der Waals surface area (Å²) in [6.45, 7) is 0. The standard InChI is InChI=1S/C18H28FNO/c19-17-14-16(12-13-18(17)21)20-15-10-8-6-4-2-1-3-5-7-9-11-15/h12-15,20-21H,1-11H2. The second kappa shape index (κ2) is 8.91. The van der Waals surface area contributed by atoms with Gasteiger partial charge in [0.25, 0.3) is 0 Å². The molecule has 118 valence electrons. The minimum absolute atomic E-state index is 0.278. The lowest BCUT2D eigenvalue weighted by Gasteiger charge is -2.21. The minimum atomic E-state index is -0.548. The summed E-state index contributed by atoms with van der Waals surface area (Å²) in [5, 5.41) is 12.7. The van der Waals surface area contributed by atoms with Gasteiger partial charge in [-0.2, -0.15) is 0 Å². The second-order valence-corrected chi connectivity index (χ2v) is 6.27. The molecule has 3 heteroatoms. The van der Waals surface area contributed by atoms with Gasteiger partial charge in [0.2, 0.25) is 0 Å². The van der Waals surface area contributed by atoms with Crippen LogP contribution in [0, 0.1) is 5.82 Å². The maximum Gasteiger partial charge on any atom is 0.166 e. The number of phenols is 1. The van der Waals surface area contributed by atoms with E-state index in [2.05, 4.69) is 5.32 Å². The van der Waals surface area contributed by atoms with Crippen LogP contribution >= 0.6 is 0 Å². The summed E-state index contributed by atoms with van der Waals surface area (Å²) in [6.07, 6.45) is 14.3. The highest BCUT2D eigenvalue weighted by molar-refractivity contribution is 5.47. The van der Waals surface area contributed by atoms with Gasteiger partial charge in [-0.15, -0.1) is 0 Å². The Morgan fingerprint density at radius 2 is 1.38 bits per heavy atom. The number of halogens is 1. The lowest BCUT2D eigenvalue weighted by molar-refractivity contribution is 0.432. The van der Waals surface area contributed by atoms with Crippen LogP contribution < -0.4 is 5.32 Å². The second-order valence-electron chi connectivity index (χ2n) is 6.27. The average molecular weight is 293 g/mol. The van der Waals surface area contributed by atoms with Crippen LogP contribution in [-0.4, -0.2) is 11.1 Å². The fourth-order valence-corrected chi connectivity index (χ4v) is 3.14. The van der Waals surface area contributed by atoms with Gasteiger partial charge in [0, 0.05) is 17.8 Å². The molecule has 1 aliphatic rings. The van der Waals surface area contributed by atoms with Gasteiger partial charge in [0.15, 0.2) is 11.6 Å². The average Bonchev–Trinajstić information content (AvgIpc) is 2.46. The van der Waals surface area contributed by atoms with E-state index < -0.39 is 5.82 Å². The SMILES string of the molecule is Oc1ccc(NC2CCCCCCCCCCC2)cc1F. The zero-order valence-corrected chi connectivity index (χ0v) is 12.9. The lowest BCUT2D eigenvalue weighted by Crippen LogP contribution is -2.19. The molecule has 0 spiro atoms. The topological polar surface area (TPSA) is 32.3 Å². The Hall–Kier alpha value is -1.25. The summed E-state index contributed by atoms with van der Waals surface area (Å²) >= 11 is 0. The van der Waals surface area contributed by atoms with Crippen molar-refractivity contribution in [3.63, 3.8) is 0 Å². The number of aromatic hydroxyl groups is 1. The molecule has 0 saturated heterocycles. The quantitative estimate of drug-likeness (QED) is 0.694. The van der Waals surface area contributed by atoms with E-state index in [1.807, 2.05) is 0 Å². The summed E-state index contributed by atoms with van der Waals surface area (Å²) in [5.41, 5.74) is 0.780. The normalized spacial score (nSPS) is 19.5. The number of hydrogen-bond donors (Lipinski definition) is 2. The monoisotopic (exact) mass is 293 g/mol. The third-order valence-corrected chi connectivity index (χ3v) is 4.42. The minimum Gasteiger partial charge on any atom is -0.505 e. The van der Waals surface area contributed by atoms with E-state index >= 15 is 0 Å². The van der Waals surface area contributed by atoms with E-state index in [1.54, 1.807) is 6.07 Å². The van der Waals surface area contributed by atoms with Gasteiger partial charge in [0.1, 0.15) is 0 Å². The zero-order chi connectivity index (χ0) is 14.9. The molecule has 0 bridgehead atoms. The van der Waals surface area contributed by atoms with Crippen molar-refractivity contribution in [2.24, 2.45) is 0 Å². The van der Waals surface area contributed by atoms with Crippen molar-refractivity contribution in [1.82, 2.24) is 0 Å². The summed E-state index contributed by atoms with van der Waals surface area (Å²) in [4.78, 5) is 0. The molecule has 0 amide bonds. The summed E-state index contributed by atoms with van der Waals surface area (Å²) in [7, 11) is 0. The maximum atomic E-state index is 13.4. The van der Waals surface area contributed by atoms with Gasteiger partial charge in [-0.25, -0.2) is 4.39 Å². The molecule has 2 nitrogen and oxygen atoms in total. The summed E-state index contributed by atoms with van der Waals surface area (Å²) < 4.78 is 13.4. The number of phenolic OH excluding ortho intramolecular Hbond substituents is 1. The van der Waals surface area contributed by atoms with Crippen LogP contribution in [0.1, 0.15) is 70.6 Å². The van der Waals surface area contributed by atoms with E-state index in [0.29, 0.717) is 6.04 Å². The zero-order valence-electron chi connectivity index (χ0n) is 12.9. The molecular weight excluding hydrogens is 265 g/mol. The van der Waals surface area contributed by atoms with E-state index in [4.69, 9.17) is 0 Å². The Labute approximate surface area is 127 Å². The molecular formula is C18H28FNO. The predicted molar refractivity (Wildman–Crippen MR) is 86.3 cm³/mol. The fraction of sp³-hybridized carbons (Fsp3) is 0.667. The fourth-order valence-electron chi connectivity index (χ4n) is 3.14. The summed E-state index contributed by atoms with van der Waals surface area (Å²) in [6, 6.07) is 5.00. The highest BCUT2D eigenvalue weighted by Crippen LogP contribution is 2.23. The molecule has 0 aromatic heterocycles. The van der Waals surface area contributed by atoms with Crippen molar-refractivity contribution in [3.8, 4) is 5.75 Å². The van der Waals surface area contributed by atoms with Gasteiger partial charge in [0.05, 0.1) is 0 Å². The van der Waals surface area contributed by atoms with Crippen molar-refractivity contribution >= 4 is 5.69 Å². The maximum absolute atomic E-state index is 13.4. The Kier molecular flexibility index (Phi) is 6.84. The van der Waals surface area contributed by atoms with Crippen LogP contribution in [0.3, 0.4) is 0 Å². The molecule has 2 N–H and O–H groups in total. The first-order valence-electron chi connectivity index (χ1n) is 8.51. The molecule has 1 aromatic carbocycles. The van der Waals surface area contributed by atoms with Gasteiger partial charge < -0.3 is 10.4 Å². The first-order valence-corrected chi connectivity index (χ1v) is 8.51. The van der Waals surface area contributed by atoms with Gasteiger partial charge in [-0.3, -0.25) is 0 Å². The third kappa shape index (κ3) is 5.94. The predicted octanol–water partition coefficient (Wildman–Crippen LogP) is 5.62. The van der Waals surface area contributed by atoms with Crippen LogP contribution in [0.25, 0.3) is 0 Å². The molecule has 1 fully saturated rings. The Bertz CT molecular complexity index is 410. The van der Waals surface area contributed by atoms with Crippen LogP contribution in [0.4, 0.5) is 10.1 Å². The first-order chi connectivity index (χ1) is 10.3. The molecule has 1 aliphatic carbocycles. The highest BCUT2D eigenvalue weighted by atomic mass is 19.1. The van der Waals surface area contributed by atoms with Crippen molar-refractivity contribution in [3.05, 3.63) is 24.0 Å². The number of benzene rings is 1. The van der Waals surface area contributed by atoms with E-state index in [0.717, 1.165) is 18.5 Å². The van der Waals surface area contributed by atoms with Crippen LogP contribution in [0.5, 0.6) is 5.75 Å². The largest absolute Gasteiger partial charge is 0.505 e. The third-order valence-electron chi connectivity index (χ3n) is 4.42. The van der Waals surface area contributed by atoms with Crippen LogP contribution in [-0.2, 0) is 0 Å². The Morgan fingerprint density at radius 1 is 0.857 bits per heavy atom. The molecule has 0 atom stereocenters. The highest BCUT2D eigenvalue weighted by Gasteiger charge is 2.10. The lowest BCUT2D eigenvalue weighted by atomic mass is 9.98. The number of rotatable bonds is 2. The molecule has 0 unspecified atom stereocenters. The number of hydrogen-bond acceptors (Lipinski definition) is 2. The molecule has 1 saturated carbocycles. The van der Waals surface area contributed by atoms with Gasteiger partial charge in [-0.05, 0) is 25.0 Å². The van der Waals surface area contributed by atoms with E-state index in [1.165, 1.54) is 69.9 Å². The van der Waals surface area contributed by atoms with Crippen molar-refractivity contribution in [1.29, 1.82) is 0 Å². The first kappa shape index (κ1) is 16.1. The number of anilines is 1. The number of nitrogens with one attached hydrogen (secondary N) is 1. The Balaban J connectivity index is 1.88. The summed E-state index contributed by atoms with van der Waals surface area (Å²) in [5.74, 6) is -0.826. The molecule has 2 rings (SSSR count).